The molecule has 0 fully saturated rings. The number of hydrogen-bond donors (Lipinski definition) is 0. The lowest BCUT2D eigenvalue weighted by molar-refractivity contribution is 0.0991. The molecule has 0 N–H and O–H groups in total. The molecular formula is C12H26O6Si2. The lowest BCUT2D eigenvalue weighted by Gasteiger charge is -2.24. The maximum Gasteiger partial charge on any atom is 0.590 e. The van der Waals surface area contributed by atoms with Gasteiger partial charge in [0.1, 0.15) is 0 Å². The number of hydrogen-bond acceptors (Lipinski definition) is 6. The Morgan fingerprint density at radius 2 is 0.850 bits per heavy atom. The van der Waals surface area contributed by atoms with Gasteiger partial charge in [-0.2, -0.15) is 0 Å². The van der Waals surface area contributed by atoms with Crippen LogP contribution in [0.3, 0.4) is 0 Å². The Labute approximate surface area is 124 Å². The first-order valence-electron chi connectivity index (χ1n) is 6.77. The van der Waals surface area contributed by atoms with Crippen LogP contribution in [0.4, 0.5) is 0 Å². The zero-order valence-electron chi connectivity index (χ0n) is 13.3. The van der Waals surface area contributed by atoms with Crippen molar-refractivity contribution in [3.8, 4) is 11.1 Å². The molecule has 118 valence electrons. The van der Waals surface area contributed by atoms with Crippen LogP contribution in [-0.4, -0.2) is 58.3 Å². The molecule has 6 nitrogen and oxygen atoms in total. The Hall–Kier alpha value is -0.246. The van der Waals surface area contributed by atoms with E-state index >= 15 is 0 Å². The van der Waals surface area contributed by atoms with Crippen molar-refractivity contribution in [3.05, 3.63) is 0 Å². The topological polar surface area (TPSA) is 55.4 Å². The first-order valence-corrected chi connectivity index (χ1v) is 10.2. The van der Waals surface area contributed by atoms with E-state index < -0.39 is 17.6 Å². The highest BCUT2D eigenvalue weighted by molar-refractivity contribution is 6.75. The summed E-state index contributed by atoms with van der Waals surface area (Å²) in [5.41, 5.74) is 5.91. The minimum absolute atomic E-state index is 0.458. The van der Waals surface area contributed by atoms with E-state index in [1.165, 1.54) is 14.2 Å². The third kappa shape index (κ3) is 6.03. The molecule has 0 radical (unpaired) electrons. The maximum atomic E-state index is 5.59. The molecule has 0 aromatic rings. The monoisotopic (exact) mass is 322 g/mol. The van der Waals surface area contributed by atoms with Crippen molar-refractivity contribution in [1.29, 1.82) is 0 Å². The first-order chi connectivity index (χ1) is 9.57. The van der Waals surface area contributed by atoms with E-state index in [0.717, 1.165) is 0 Å². The molecule has 0 atom stereocenters. The van der Waals surface area contributed by atoms with Crippen molar-refractivity contribution in [1.82, 2.24) is 0 Å². The van der Waals surface area contributed by atoms with Gasteiger partial charge in [-0.05, 0) is 38.8 Å². The van der Waals surface area contributed by atoms with E-state index in [4.69, 9.17) is 26.6 Å². The fourth-order valence-electron chi connectivity index (χ4n) is 1.48. The Kier molecular flexibility index (Phi) is 10.3. The summed E-state index contributed by atoms with van der Waals surface area (Å²) in [7, 11) is -2.98. The summed E-state index contributed by atoms with van der Waals surface area (Å²) in [6.45, 7) is 9.31. The van der Waals surface area contributed by atoms with Crippen molar-refractivity contribution in [2.75, 3.05) is 40.6 Å². The summed E-state index contributed by atoms with van der Waals surface area (Å²) >= 11 is 0. The normalized spacial score (nSPS) is 12.1. The van der Waals surface area contributed by atoms with Gasteiger partial charge in [0.05, 0.1) is 0 Å². The Balaban J connectivity index is 5.32. The van der Waals surface area contributed by atoms with Crippen LogP contribution in [0.25, 0.3) is 0 Å². The van der Waals surface area contributed by atoms with Gasteiger partial charge >= 0.3 is 17.6 Å². The highest BCUT2D eigenvalue weighted by Crippen LogP contribution is 2.11. The molecule has 0 aliphatic rings. The molecule has 0 saturated heterocycles. The molecule has 0 spiro atoms. The van der Waals surface area contributed by atoms with E-state index in [-0.39, 0.29) is 0 Å². The molecule has 0 saturated carbocycles. The lowest BCUT2D eigenvalue weighted by Crippen LogP contribution is -2.48. The second-order valence-electron chi connectivity index (χ2n) is 3.50. The van der Waals surface area contributed by atoms with Crippen molar-refractivity contribution < 1.29 is 26.6 Å². The second kappa shape index (κ2) is 10.5. The molecule has 0 amide bonds. The highest BCUT2D eigenvalue weighted by atomic mass is 28.4. The second-order valence-corrected chi connectivity index (χ2v) is 8.20. The molecule has 0 aliphatic heterocycles. The van der Waals surface area contributed by atoms with Crippen molar-refractivity contribution >= 4 is 17.6 Å². The Morgan fingerprint density at radius 1 is 0.600 bits per heavy atom. The maximum absolute atomic E-state index is 5.59. The van der Waals surface area contributed by atoms with Gasteiger partial charge in [-0.3, -0.25) is 0 Å². The molecule has 0 aliphatic carbocycles. The zero-order chi connectivity index (χ0) is 15.5. The van der Waals surface area contributed by atoms with Crippen molar-refractivity contribution in [3.63, 3.8) is 0 Å². The molecular weight excluding hydrogens is 296 g/mol. The third-order valence-corrected chi connectivity index (χ3v) is 7.11. The van der Waals surface area contributed by atoms with E-state index in [1.54, 1.807) is 0 Å². The summed E-state index contributed by atoms with van der Waals surface area (Å²) in [5, 5.41) is 0. The fourth-order valence-corrected chi connectivity index (χ4v) is 5.35. The van der Waals surface area contributed by atoms with Crippen LogP contribution in [-0.2, 0) is 26.6 Å². The van der Waals surface area contributed by atoms with Gasteiger partial charge in [0, 0.05) is 40.6 Å². The molecule has 0 rings (SSSR count). The van der Waals surface area contributed by atoms with E-state index in [2.05, 4.69) is 11.1 Å². The summed E-state index contributed by atoms with van der Waals surface area (Å²) < 4.78 is 33.1. The van der Waals surface area contributed by atoms with Crippen LogP contribution in [0.5, 0.6) is 0 Å². The summed E-state index contributed by atoms with van der Waals surface area (Å²) in [6.07, 6.45) is 0. The third-order valence-electron chi connectivity index (χ3n) is 2.24. The van der Waals surface area contributed by atoms with Gasteiger partial charge in [-0.15, -0.1) is 0 Å². The van der Waals surface area contributed by atoms with E-state index in [9.17, 15) is 0 Å². The lowest BCUT2D eigenvalue weighted by atomic mass is 10.9. The van der Waals surface area contributed by atoms with Crippen molar-refractivity contribution in [2.45, 2.75) is 27.7 Å². The molecule has 0 bridgehead atoms. The van der Waals surface area contributed by atoms with Gasteiger partial charge in [-0.25, -0.2) is 0 Å². The van der Waals surface area contributed by atoms with Crippen LogP contribution in [0.1, 0.15) is 27.7 Å². The van der Waals surface area contributed by atoms with Gasteiger partial charge in [0.15, 0.2) is 0 Å². The van der Waals surface area contributed by atoms with E-state index in [0.29, 0.717) is 26.4 Å². The molecule has 8 heteroatoms. The van der Waals surface area contributed by atoms with E-state index in [1.807, 2.05) is 27.7 Å². The fraction of sp³-hybridized carbons (Fsp3) is 0.833. The Bertz CT molecular complexity index is 275. The molecule has 0 aromatic carbocycles. The minimum atomic E-state index is -3.02. The summed E-state index contributed by atoms with van der Waals surface area (Å²) in [6, 6.07) is 0. The van der Waals surface area contributed by atoms with Gasteiger partial charge in [0.25, 0.3) is 0 Å². The standard InChI is InChI=1S/C12H26O6Si2/c1-7-15-19(13-5,16-8-2)11-12-20(14-6,17-9-3)18-10-4/h7-10H2,1-6H3. The van der Waals surface area contributed by atoms with Crippen LogP contribution < -0.4 is 0 Å². The zero-order valence-corrected chi connectivity index (χ0v) is 15.3. The van der Waals surface area contributed by atoms with Crippen LogP contribution in [0.15, 0.2) is 0 Å². The smallest absolute Gasteiger partial charge is 0.367 e. The van der Waals surface area contributed by atoms with Gasteiger partial charge in [-0.1, -0.05) is 0 Å². The van der Waals surface area contributed by atoms with Crippen LogP contribution in [0, 0.1) is 11.1 Å². The van der Waals surface area contributed by atoms with Crippen molar-refractivity contribution in [2.24, 2.45) is 0 Å². The Morgan fingerprint density at radius 3 is 1.00 bits per heavy atom. The summed E-state index contributed by atoms with van der Waals surface area (Å²) in [5.74, 6) is 0. The summed E-state index contributed by atoms with van der Waals surface area (Å²) in [4.78, 5) is 0. The molecule has 0 unspecified atom stereocenters. The molecule has 0 heterocycles. The number of rotatable bonds is 10. The molecule has 20 heavy (non-hydrogen) atoms. The average molecular weight is 323 g/mol. The van der Waals surface area contributed by atoms with Crippen LogP contribution in [0.2, 0.25) is 0 Å². The predicted molar refractivity (Wildman–Crippen MR) is 79.8 cm³/mol. The predicted octanol–water partition coefficient (Wildman–Crippen LogP) is 1.38. The molecule has 0 aromatic heterocycles. The average Bonchev–Trinajstić information content (AvgIpc) is 2.45. The minimum Gasteiger partial charge on any atom is -0.367 e. The largest absolute Gasteiger partial charge is 0.590 e. The quantitative estimate of drug-likeness (QED) is 0.447. The van der Waals surface area contributed by atoms with Gasteiger partial charge < -0.3 is 26.6 Å². The first kappa shape index (κ1) is 19.8. The van der Waals surface area contributed by atoms with Crippen LogP contribution >= 0.6 is 0 Å². The highest BCUT2D eigenvalue weighted by Gasteiger charge is 2.43. The SMILES string of the molecule is CCO[Si](C#C[Si](OC)(OCC)OCC)(OC)OCC. The van der Waals surface area contributed by atoms with Gasteiger partial charge in [0.2, 0.25) is 0 Å².